The van der Waals surface area contributed by atoms with Gasteiger partial charge >= 0.3 is 0 Å². The first-order chi connectivity index (χ1) is 13.5. The predicted molar refractivity (Wildman–Crippen MR) is 112 cm³/mol. The van der Waals surface area contributed by atoms with E-state index in [0.717, 1.165) is 10.5 Å². The molecule has 0 radical (unpaired) electrons. The second-order valence-electron chi connectivity index (χ2n) is 8.57. The largest absolute Gasteiger partial charge is 0.333 e. The van der Waals surface area contributed by atoms with E-state index in [9.17, 15) is 18.5 Å². The van der Waals surface area contributed by atoms with Gasteiger partial charge in [0, 0.05) is 0 Å². The van der Waals surface area contributed by atoms with E-state index in [4.69, 9.17) is 0 Å². The van der Waals surface area contributed by atoms with E-state index >= 15 is 0 Å². The average molecular weight is 422 g/mol. The Morgan fingerprint density at radius 3 is 2.21 bits per heavy atom. The van der Waals surface area contributed by atoms with Crippen molar-refractivity contribution in [1.29, 1.82) is 5.26 Å². The van der Waals surface area contributed by atoms with Gasteiger partial charge in [-0.3, -0.25) is 4.79 Å². The molecule has 7 nitrogen and oxygen atoms in total. The lowest BCUT2D eigenvalue weighted by Crippen LogP contribution is -3.16. The summed E-state index contributed by atoms with van der Waals surface area (Å²) in [5, 5.41) is 12.2. The maximum absolute atomic E-state index is 12.9. The molecular weight excluding hydrogens is 388 g/mol. The van der Waals surface area contributed by atoms with Crippen molar-refractivity contribution in [1.82, 2.24) is 9.62 Å². The number of nitriles is 1. The number of nitrogens with zero attached hydrogens (tertiary/aromatic N) is 2. The minimum absolute atomic E-state index is 0.00414. The van der Waals surface area contributed by atoms with Crippen molar-refractivity contribution in [2.24, 2.45) is 5.92 Å². The van der Waals surface area contributed by atoms with Gasteiger partial charge in [-0.15, -0.1) is 0 Å². The second-order valence-corrected chi connectivity index (χ2v) is 10.5. The van der Waals surface area contributed by atoms with E-state index in [1.54, 1.807) is 19.1 Å². The summed E-state index contributed by atoms with van der Waals surface area (Å²) in [5.41, 5.74) is 0.208. The molecule has 2 N–H and O–H groups in total. The molecule has 1 saturated heterocycles. The molecule has 1 aromatic carbocycles. The van der Waals surface area contributed by atoms with Gasteiger partial charge in [-0.25, -0.2) is 8.42 Å². The Balaban J connectivity index is 1.94. The Labute approximate surface area is 174 Å². The van der Waals surface area contributed by atoms with Crippen molar-refractivity contribution >= 4 is 15.9 Å². The average Bonchev–Trinajstić information content (AvgIpc) is 2.68. The fourth-order valence-corrected chi connectivity index (χ4v) is 4.70. The molecule has 2 rings (SSSR count). The zero-order valence-electron chi connectivity index (χ0n) is 18.0. The van der Waals surface area contributed by atoms with Gasteiger partial charge < -0.3 is 10.2 Å². The van der Waals surface area contributed by atoms with Crippen LogP contribution < -0.4 is 10.2 Å². The summed E-state index contributed by atoms with van der Waals surface area (Å²) in [6.07, 6.45) is 0. The maximum Gasteiger partial charge on any atom is 0.276 e. The molecule has 1 aromatic rings. The molecule has 160 valence electrons. The molecule has 8 heteroatoms. The molecule has 1 fully saturated rings. The standard InChI is InChI=1S/C21H32N4O3S/c1-16(2)18-6-8-19(9-7-18)29(27,28)25-12-10-24(11-13-25)14-20(26)23-21(5,15-22)17(3)4/h6-9,16-17H,10-14H2,1-5H3,(H,23,26)/p+1/t21-/m0/s1. The van der Waals surface area contributed by atoms with E-state index < -0.39 is 15.6 Å². The summed E-state index contributed by atoms with van der Waals surface area (Å²) in [6.45, 7) is 11.8. The Hall–Kier alpha value is -1.95. The highest BCUT2D eigenvalue weighted by molar-refractivity contribution is 7.89. The molecule has 29 heavy (non-hydrogen) atoms. The van der Waals surface area contributed by atoms with Crippen LogP contribution >= 0.6 is 0 Å². The van der Waals surface area contributed by atoms with Crippen LogP contribution in [0.25, 0.3) is 0 Å². The van der Waals surface area contributed by atoms with Crippen LogP contribution in [-0.4, -0.2) is 56.9 Å². The van der Waals surface area contributed by atoms with Crippen molar-refractivity contribution in [2.45, 2.75) is 51.0 Å². The summed E-state index contributed by atoms with van der Waals surface area (Å²) in [7, 11) is -3.52. The monoisotopic (exact) mass is 421 g/mol. The lowest BCUT2D eigenvalue weighted by molar-refractivity contribution is -0.895. The summed E-state index contributed by atoms with van der Waals surface area (Å²) in [4.78, 5) is 13.7. The molecule has 0 saturated carbocycles. The van der Waals surface area contributed by atoms with E-state index in [1.165, 1.54) is 4.31 Å². The minimum atomic E-state index is -3.52. The normalized spacial score (nSPS) is 18.4. The number of hydrogen-bond donors (Lipinski definition) is 2. The first-order valence-corrected chi connectivity index (χ1v) is 11.6. The first-order valence-electron chi connectivity index (χ1n) is 10.2. The number of sulfonamides is 1. The predicted octanol–water partition coefficient (Wildman–Crippen LogP) is 0.754. The van der Waals surface area contributed by atoms with Crippen molar-refractivity contribution in [3.05, 3.63) is 29.8 Å². The van der Waals surface area contributed by atoms with Gasteiger partial charge in [-0.1, -0.05) is 39.8 Å². The Morgan fingerprint density at radius 1 is 1.21 bits per heavy atom. The number of benzene rings is 1. The van der Waals surface area contributed by atoms with Gasteiger partial charge in [-0.2, -0.15) is 9.57 Å². The Bertz CT molecular complexity index is 851. The molecule has 0 unspecified atom stereocenters. The highest BCUT2D eigenvalue weighted by Gasteiger charge is 2.34. The van der Waals surface area contributed by atoms with Crippen LogP contribution in [0.5, 0.6) is 0 Å². The minimum Gasteiger partial charge on any atom is -0.333 e. The summed E-state index contributed by atoms with van der Waals surface area (Å²) >= 11 is 0. The van der Waals surface area contributed by atoms with Gasteiger partial charge in [-0.05, 0) is 36.5 Å². The number of hydrogen-bond acceptors (Lipinski definition) is 4. The number of carbonyl (C=O) groups is 1. The topological polar surface area (TPSA) is 94.7 Å². The third-order valence-corrected chi connectivity index (χ3v) is 7.72. The summed E-state index contributed by atoms with van der Waals surface area (Å²) in [6, 6.07) is 9.25. The summed E-state index contributed by atoms with van der Waals surface area (Å²) in [5.74, 6) is 0.164. The van der Waals surface area contributed by atoms with E-state index in [1.807, 2.05) is 26.0 Å². The molecule has 1 atom stereocenters. The van der Waals surface area contributed by atoms with E-state index in [-0.39, 0.29) is 18.4 Å². The van der Waals surface area contributed by atoms with E-state index in [0.29, 0.717) is 37.0 Å². The van der Waals surface area contributed by atoms with Gasteiger partial charge in [0.1, 0.15) is 5.54 Å². The molecule has 1 amide bonds. The van der Waals surface area contributed by atoms with Crippen molar-refractivity contribution in [2.75, 3.05) is 32.7 Å². The van der Waals surface area contributed by atoms with Crippen LogP contribution in [0.1, 0.15) is 46.1 Å². The number of carbonyl (C=O) groups excluding carboxylic acids is 1. The van der Waals surface area contributed by atoms with Gasteiger partial charge in [0.2, 0.25) is 10.0 Å². The third-order valence-electron chi connectivity index (χ3n) is 5.81. The van der Waals surface area contributed by atoms with E-state index in [2.05, 4.69) is 25.2 Å². The van der Waals surface area contributed by atoms with Crippen LogP contribution in [0.15, 0.2) is 29.2 Å². The van der Waals surface area contributed by atoms with Gasteiger partial charge in [0.15, 0.2) is 6.54 Å². The molecular formula is C21H33N4O3S+. The molecule has 0 aliphatic carbocycles. The van der Waals surface area contributed by atoms with Crippen molar-refractivity contribution in [3.63, 3.8) is 0 Å². The number of piperazine rings is 1. The third kappa shape index (κ3) is 5.56. The fourth-order valence-electron chi connectivity index (χ4n) is 3.26. The Kier molecular flexibility index (Phi) is 7.44. The van der Waals surface area contributed by atoms with Crippen molar-refractivity contribution < 1.29 is 18.1 Å². The van der Waals surface area contributed by atoms with Crippen molar-refractivity contribution in [3.8, 4) is 6.07 Å². The number of rotatable bonds is 7. The zero-order valence-corrected chi connectivity index (χ0v) is 18.8. The van der Waals surface area contributed by atoms with Gasteiger partial charge in [0.05, 0.1) is 37.1 Å². The number of amides is 1. The second kappa shape index (κ2) is 9.24. The summed E-state index contributed by atoms with van der Waals surface area (Å²) < 4.78 is 27.3. The molecule has 1 aliphatic rings. The molecule has 0 bridgehead atoms. The lowest BCUT2D eigenvalue weighted by atomic mass is 9.90. The van der Waals surface area contributed by atoms with Crippen LogP contribution in [-0.2, 0) is 14.8 Å². The van der Waals surface area contributed by atoms with Crippen LogP contribution in [0.3, 0.4) is 0 Å². The highest BCUT2D eigenvalue weighted by Crippen LogP contribution is 2.20. The SMILES string of the molecule is CC(C)c1ccc(S(=O)(=O)N2CC[NH+](CC(=O)N[C@@](C)(C#N)C(C)C)CC2)cc1. The quantitative estimate of drug-likeness (QED) is 0.679. The lowest BCUT2D eigenvalue weighted by Gasteiger charge is -2.32. The molecule has 0 spiro atoms. The highest BCUT2D eigenvalue weighted by atomic mass is 32.2. The molecule has 1 aliphatic heterocycles. The number of nitrogens with one attached hydrogen (secondary N) is 2. The Morgan fingerprint density at radius 2 is 1.76 bits per heavy atom. The van der Waals surface area contributed by atoms with Gasteiger partial charge in [0.25, 0.3) is 5.91 Å². The molecule has 1 heterocycles. The zero-order chi connectivity index (χ0) is 21.8. The van der Waals surface area contributed by atoms with Crippen LogP contribution in [0.4, 0.5) is 0 Å². The van der Waals surface area contributed by atoms with Crippen LogP contribution in [0, 0.1) is 17.2 Å². The maximum atomic E-state index is 12.9. The molecule has 0 aromatic heterocycles. The first kappa shape index (κ1) is 23.3. The number of quaternary nitrogens is 1. The van der Waals surface area contributed by atoms with Crippen LogP contribution in [0.2, 0.25) is 0 Å². The fraction of sp³-hybridized carbons (Fsp3) is 0.619. The smallest absolute Gasteiger partial charge is 0.276 e.